The van der Waals surface area contributed by atoms with Crippen molar-refractivity contribution < 1.29 is 28.7 Å². The van der Waals surface area contributed by atoms with Crippen LogP contribution in [-0.4, -0.2) is 37.4 Å². The molecule has 3 aromatic rings. The normalized spacial score (nSPS) is 10.7. The van der Waals surface area contributed by atoms with Gasteiger partial charge in [-0.05, 0) is 83.4 Å². The molecular formula is C26H26BrN3O7. The van der Waals surface area contributed by atoms with E-state index >= 15 is 0 Å². The highest BCUT2D eigenvalue weighted by Crippen LogP contribution is 2.37. The number of nitrogens with one attached hydrogen (secondary N) is 1. The predicted octanol–water partition coefficient (Wildman–Crippen LogP) is 5.51. The summed E-state index contributed by atoms with van der Waals surface area (Å²) in [6.07, 6.45) is 1.48. The van der Waals surface area contributed by atoms with E-state index < -0.39 is 10.8 Å². The second-order valence-corrected chi connectivity index (χ2v) is 8.33. The van der Waals surface area contributed by atoms with Crippen molar-refractivity contribution >= 4 is 33.7 Å². The lowest BCUT2D eigenvalue weighted by Crippen LogP contribution is -2.17. The number of nitro benzene ring substituents is 1. The molecule has 3 rings (SSSR count). The molecule has 11 heteroatoms. The van der Waals surface area contributed by atoms with Gasteiger partial charge in [-0.3, -0.25) is 14.9 Å². The Morgan fingerprint density at radius 1 is 1.00 bits per heavy atom. The van der Waals surface area contributed by atoms with Gasteiger partial charge >= 0.3 is 0 Å². The van der Waals surface area contributed by atoms with E-state index in [2.05, 4.69) is 26.5 Å². The molecule has 10 nitrogen and oxygen atoms in total. The van der Waals surface area contributed by atoms with Crippen molar-refractivity contribution in [3.8, 4) is 23.0 Å². The second kappa shape index (κ2) is 13.3. The summed E-state index contributed by atoms with van der Waals surface area (Å²) in [5.41, 5.74) is 4.29. The first-order valence-corrected chi connectivity index (χ1v) is 12.1. The molecule has 0 fully saturated rings. The van der Waals surface area contributed by atoms with E-state index in [9.17, 15) is 14.9 Å². The Kier molecular flexibility index (Phi) is 9.84. The monoisotopic (exact) mass is 571 g/mol. The molecule has 1 N–H and O–H groups in total. The van der Waals surface area contributed by atoms with Crippen molar-refractivity contribution in [1.82, 2.24) is 5.43 Å². The lowest BCUT2D eigenvalue weighted by atomic mass is 10.2. The van der Waals surface area contributed by atoms with Crippen molar-refractivity contribution in [1.29, 1.82) is 0 Å². The smallest absolute Gasteiger partial charge is 0.271 e. The topological polar surface area (TPSA) is 122 Å². The van der Waals surface area contributed by atoms with Crippen LogP contribution in [0.5, 0.6) is 23.0 Å². The molecule has 0 saturated carbocycles. The maximum atomic E-state index is 12.5. The number of amides is 1. The summed E-state index contributed by atoms with van der Waals surface area (Å²) in [6.45, 7) is 4.77. The number of hydrogen-bond acceptors (Lipinski definition) is 8. The number of methoxy groups -OCH3 is 1. The molecule has 0 aliphatic carbocycles. The number of nitro groups is 1. The molecule has 0 atom stereocenters. The van der Waals surface area contributed by atoms with Gasteiger partial charge in [0.05, 0.1) is 35.9 Å². The third-order valence-corrected chi connectivity index (χ3v) is 5.56. The highest BCUT2D eigenvalue weighted by molar-refractivity contribution is 9.10. The van der Waals surface area contributed by atoms with E-state index in [1.165, 1.54) is 25.5 Å². The molecule has 0 heterocycles. The van der Waals surface area contributed by atoms with Gasteiger partial charge in [0.15, 0.2) is 23.0 Å². The minimum absolute atomic E-state index is 0.0114. The lowest BCUT2D eigenvalue weighted by Gasteiger charge is -2.14. The van der Waals surface area contributed by atoms with Crippen molar-refractivity contribution in [2.24, 2.45) is 5.10 Å². The quantitative estimate of drug-likeness (QED) is 0.173. The van der Waals surface area contributed by atoms with E-state index in [4.69, 9.17) is 18.9 Å². The van der Waals surface area contributed by atoms with Gasteiger partial charge in [0.2, 0.25) is 0 Å². The van der Waals surface area contributed by atoms with Crippen LogP contribution in [0.1, 0.15) is 35.3 Å². The van der Waals surface area contributed by atoms with Gasteiger partial charge in [-0.15, -0.1) is 0 Å². The number of halogens is 1. The number of hydrogen-bond donors (Lipinski definition) is 1. The zero-order chi connectivity index (χ0) is 26.8. The van der Waals surface area contributed by atoms with Crippen molar-refractivity contribution in [2.45, 2.75) is 20.5 Å². The molecule has 194 valence electrons. The first kappa shape index (κ1) is 27.5. The standard InChI is InChI=1S/C26H26BrN3O7/c1-4-35-22-11-8-19(14-23(22)34-3)26(31)29-28-15-18-12-21(27)25(24(13-18)36-5-2)37-16-17-6-9-20(10-7-17)30(32)33/h6-15H,4-5,16H2,1-3H3,(H,29,31)/b28-15+. The molecule has 0 unspecified atom stereocenters. The van der Waals surface area contributed by atoms with E-state index in [1.54, 1.807) is 42.5 Å². The lowest BCUT2D eigenvalue weighted by molar-refractivity contribution is -0.384. The Bertz CT molecular complexity index is 1280. The summed E-state index contributed by atoms with van der Waals surface area (Å²) in [5.74, 6) is 1.54. The summed E-state index contributed by atoms with van der Waals surface area (Å²) in [7, 11) is 1.50. The van der Waals surface area contributed by atoms with Gasteiger partial charge in [-0.1, -0.05) is 0 Å². The van der Waals surface area contributed by atoms with Crippen molar-refractivity contribution in [3.05, 3.63) is 85.9 Å². The zero-order valence-electron chi connectivity index (χ0n) is 20.5. The van der Waals surface area contributed by atoms with Crippen LogP contribution in [0, 0.1) is 10.1 Å². The van der Waals surface area contributed by atoms with Crippen LogP contribution in [0.25, 0.3) is 0 Å². The van der Waals surface area contributed by atoms with Gasteiger partial charge in [0, 0.05) is 17.7 Å². The van der Waals surface area contributed by atoms with Gasteiger partial charge < -0.3 is 18.9 Å². The number of rotatable bonds is 12. The van der Waals surface area contributed by atoms with Crippen LogP contribution < -0.4 is 24.4 Å². The third kappa shape index (κ3) is 7.43. The Balaban J connectivity index is 1.70. The number of hydrazone groups is 1. The predicted molar refractivity (Wildman–Crippen MR) is 142 cm³/mol. The number of non-ortho nitro benzene ring substituents is 1. The minimum atomic E-state index is -0.452. The molecular weight excluding hydrogens is 546 g/mol. The van der Waals surface area contributed by atoms with Crippen LogP contribution >= 0.6 is 15.9 Å². The molecule has 0 bridgehead atoms. The molecule has 37 heavy (non-hydrogen) atoms. The highest BCUT2D eigenvalue weighted by atomic mass is 79.9. The van der Waals surface area contributed by atoms with Crippen molar-refractivity contribution in [3.63, 3.8) is 0 Å². The summed E-state index contributed by atoms with van der Waals surface area (Å²) in [5, 5.41) is 14.9. The summed E-state index contributed by atoms with van der Waals surface area (Å²) in [6, 6.07) is 14.5. The Hall–Kier alpha value is -4.12. The molecule has 0 aliphatic heterocycles. The summed E-state index contributed by atoms with van der Waals surface area (Å²) < 4.78 is 23.0. The molecule has 0 spiro atoms. The largest absolute Gasteiger partial charge is 0.493 e. The zero-order valence-corrected chi connectivity index (χ0v) is 22.1. The number of ether oxygens (including phenoxy) is 4. The van der Waals surface area contributed by atoms with Crippen LogP contribution in [0.15, 0.2) is 64.2 Å². The van der Waals surface area contributed by atoms with Crippen LogP contribution in [0.2, 0.25) is 0 Å². The maximum Gasteiger partial charge on any atom is 0.271 e. The van der Waals surface area contributed by atoms with E-state index in [-0.39, 0.29) is 12.3 Å². The SMILES string of the molecule is CCOc1ccc(C(=O)N/N=C/c2cc(Br)c(OCc3ccc([N+](=O)[O-])cc3)c(OCC)c2)cc1OC. The average Bonchev–Trinajstić information content (AvgIpc) is 2.89. The fourth-order valence-corrected chi connectivity index (χ4v) is 3.82. The maximum absolute atomic E-state index is 12.5. The van der Waals surface area contributed by atoms with Gasteiger partial charge in [-0.2, -0.15) is 5.10 Å². The molecule has 0 radical (unpaired) electrons. The van der Waals surface area contributed by atoms with E-state index in [0.717, 1.165) is 5.56 Å². The van der Waals surface area contributed by atoms with Crippen LogP contribution in [-0.2, 0) is 6.61 Å². The minimum Gasteiger partial charge on any atom is -0.493 e. The molecule has 0 saturated heterocycles. The fraction of sp³-hybridized carbons (Fsp3) is 0.231. The molecule has 1 amide bonds. The van der Waals surface area contributed by atoms with E-state index in [0.29, 0.717) is 51.8 Å². The number of nitrogens with zero attached hydrogens (tertiary/aromatic N) is 2. The summed E-state index contributed by atoms with van der Waals surface area (Å²) >= 11 is 3.50. The highest BCUT2D eigenvalue weighted by Gasteiger charge is 2.14. The molecule has 0 aromatic heterocycles. The van der Waals surface area contributed by atoms with E-state index in [1.807, 2.05) is 13.8 Å². The van der Waals surface area contributed by atoms with Gasteiger partial charge in [-0.25, -0.2) is 5.43 Å². The second-order valence-electron chi connectivity index (χ2n) is 7.47. The van der Waals surface area contributed by atoms with Crippen LogP contribution in [0.4, 0.5) is 5.69 Å². The third-order valence-electron chi connectivity index (χ3n) is 4.97. The van der Waals surface area contributed by atoms with Gasteiger partial charge in [0.1, 0.15) is 6.61 Å². The average molecular weight is 572 g/mol. The molecule has 0 aliphatic rings. The Morgan fingerprint density at radius 3 is 2.35 bits per heavy atom. The number of carbonyl (C=O) groups excluding carboxylic acids is 1. The number of benzene rings is 3. The fourth-order valence-electron chi connectivity index (χ4n) is 3.25. The number of carbonyl (C=O) groups is 1. The first-order chi connectivity index (χ1) is 17.9. The van der Waals surface area contributed by atoms with Crippen molar-refractivity contribution in [2.75, 3.05) is 20.3 Å². The first-order valence-electron chi connectivity index (χ1n) is 11.3. The van der Waals surface area contributed by atoms with Gasteiger partial charge in [0.25, 0.3) is 11.6 Å². The Morgan fingerprint density at radius 2 is 1.70 bits per heavy atom. The Labute approximate surface area is 222 Å². The molecule has 3 aromatic carbocycles. The van der Waals surface area contributed by atoms with Crippen LogP contribution in [0.3, 0.4) is 0 Å². The summed E-state index contributed by atoms with van der Waals surface area (Å²) in [4.78, 5) is 22.9.